The molecule has 198 valence electrons. The van der Waals surface area contributed by atoms with Crippen molar-refractivity contribution in [3.8, 4) is 23.3 Å². The fourth-order valence-electron chi connectivity index (χ4n) is 3.91. The first-order valence-electron chi connectivity index (χ1n) is 12.3. The van der Waals surface area contributed by atoms with Crippen LogP contribution < -0.4 is 31.4 Å². The normalized spacial score (nSPS) is 11.4. The smallest absolute Gasteiger partial charge is 0.221 e. The molecule has 0 aliphatic carbocycles. The van der Waals surface area contributed by atoms with E-state index >= 15 is 0 Å². The molecule has 4 N–H and O–H groups in total. The fourth-order valence-corrected chi connectivity index (χ4v) is 3.91. The van der Waals surface area contributed by atoms with Crippen LogP contribution in [0.2, 0.25) is 0 Å². The van der Waals surface area contributed by atoms with Gasteiger partial charge in [-0.25, -0.2) is 4.99 Å². The van der Waals surface area contributed by atoms with Crippen LogP contribution in [0, 0.1) is 18.3 Å². The number of carbonyl (C=O) groups is 1. The number of anilines is 3. The highest BCUT2D eigenvalue weighted by Gasteiger charge is 2.15. The van der Waals surface area contributed by atoms with Crippen LogP contribution in [-0.2, 0) is 4.79 Å². The Morgan fingerprint density at radius 3 is 2.74 bits per heavy atom. The number of rotatable bonds is 8. The molecular formula is C29H29N7O3. The molecule has 2 heterocycles. The Morgan fingerprint density at radius 2 is 2.05 bits per heavy atom. The van der Waals surface area contributed by atoms with E-state index in [1.165, 1.54) is 17.8 Å². The number of nitrogens with one attached hydrogen (secondary N) is 2. The largest absolute Gasteiger partial charge is 0.492 e. The Morgan fingerprint density at radius 1 is 1.23 bits per heavy atom. The van der Waals surface area contributed by atoms with E-state index in [4.69, 9.17) is 15.3 Å². The van der Waals surface area contributed by atoms with Gasteiger partial charge in [0.25, 0.3) is 0 Å². The molecule has 10 nitrogen and oxygen atoms in total. The van der Waals surface area contributed by atoms with E-state index in [-0.39, 0.29) is 5.91 Å². The third-order valence-corrected chi connectivity index (χ3v) is 5.66. The van der Waals surface area contributed by atoms with E-state index in [0.717, 1.165) is 11.3 Å². The van der Waals surface area contributed by atoms with Gasteiger partial charge in [0.1, 0.15) is 23.3 Å². The highest BCUT2D eigenvalue weighted by atomic mass is 16.5. The number of carbonyl (C=O) groups excluding carboxylic acids is 1. The average molecular weight is 524 g/mol. The van der Waals surface area contributed by atoms with Crippen molar-refractivity contribution in [3.05, 3.63) is 83.7 Å². The van der Waals surface area contributed by atoms with Gasteiger partial charge in [0.05, 0.1) is 29.1 Å². The zero-order valence-corrected chi connectivity index (χ0v) is 22.1. The SMILES string of the molecule is C/C=C/N=c1/cc(Oc2ccc(Nc3c(C#N)cnc4cc(OCC)c(NC(C)=O)cc34)cc2C)ccn1N. The Labute approximate surface area is 226 Å². The molecule has 0 bridgehead atoms. The van der Waals surface area contributed by atoms with E-state index in [1.54, 1.807) is 36.7 Å². The summed E-state index contributed by atoms with van der Waals surface area (Å²) in [4.78, 5) is 20.5. The molecule has 0 fully saturated rings. The van der Waals surface area contributed by atoms with Gasteiger partial charge in [0.15, 0.2) is 5.49 Å². The molecule has 2 aromatic carbocycles. The molecule has 0 saturated heterocycles. The van der Waals surface area contributed by atoms with E-state index in [1.807, 2.05) is 45.0 Å². The van der Waals surface area contributed by atoms with Crippen LogP contribution >= 0.6 is 0 Å². The van der Waals surface area contributed by atoms with Gasteiger partial charge < -0.3 is 25.9 Å². The number of allylic oxidation sites excluding steroid dienone is 1. The van der Waals surface area contributed by atoms with Gasteiger partial charge in [-0.15, -0.1) is 0 Å². The van der Waals surface area contributed by atoms with Crippen LogP contribution in [0.4, 0.5) is 17.1 Å². The maximum absolute atomic E-state index is 11.8. The summed E-state index contributed by atoms with van der Waals surface area (Å²) in [6.07, 6.45) is 6.65. The Bertz CT molecular complexity index is 1680. The zero-order chi connectivity index (χ0) is 27.9. The average Bonchev–Trinajstić information content (AvgIpc) is 2.91. The predicted molar refractivity (Wildman–Crippen MR) is 151 cm³/mol. The number of nitrogens with zero attached hydrogens (tertiary/aromatic N) is 4. The first-order chi connectivity index (χ1) is 18.8. The molecule has 0 unspecified atom stereocenters. The van der Waals surface area contributed by atoms with Gasteiger partial charge in [-0.05, 0) is 56.7 Å². The van der Waals surface area contributed by atoms with Crippen molar-refractivity contribution in [2.75, 3.05) is 23.1 Å². The number of aryl methyl sites for hydroxylation is 1. The molecular weight excluding hydrogens is 494 g/mol. The van der Waals surface area contributed by atoms with E-state index in [9.17, 15) is 10.1 Å². The van der Waals surface area contributed by atoms with Crippen molar-refractivity contribution in [1.82, 2.24) is 9.66 Å². The summed E-state index contributed by atoms with van der Waals surface area (Å²) < 4.78 is 13.2. The number of amides is 1. The molecule has 0 aliphatic heterocycles. The van der Waals surface area contributed by atoms with Gasteiger partial charge in [0.2, 0.25) is 5.91 Å². The van der Waals surface area contributed by atoms with Crippen molar-refractivity contribution in [3.63, 3.8) is 0 Å². The number of hydrogen-bond donors (Lipinski definition) is 3. The summed E-state index contributed by atoms with van der Waals surface area (Å²) >= 11 is 0. The van der Waals surface area contributed by atoms with E-state index in [2.05, 4.69) is 26.7 Å². The third kappa shape index (κ3) is 6.17. The van der Waals surface area contributed by atoms with Crippen LogP contribution in [0.3, 0.4) is 0 Å². The lowest BCUT2D eigenvalue weighted by Crippen LogP contribution is -2.26. The molecule has 39 heavy (non-hydrogen) atoms. The number of benzene rings is 2. The second-order valence-corrected chi connectivity index (χ2v) is 8.59. The second-order valence-electron chi connectivity index (χ2n) is 8.59. The van der Waals surface area contributed by atoms with Gasteiger partial charge in [-0.1, -0.05) is 6.08 Å². The van der Waals surface area contributed by atoms with Crippen LogP contribution in [0.15, 0.2) is 72.1 Å². The van der Waals surface area contributed by atoms with Crippen molar-refractivity contribution in [2.24, 2.45) is 4.99 Å². The number of nitrogens with two attached hydrogens (primary N) is 1. The van der Waals surface area contributed by atoms with E-state index < -0.39 is 0 Å². The highest BCUT2D eigenvalue weighted by molar-refractivity contribution is 6.01. The topological polar surface area (TPSA) is 140 Å². The van der Waals surface area contributed by atoms with Gasteiger partial charge >= 0.3 is 0 Å². The molecule has 0 saturated carbocycles. The van der Waals surface area contributed by atoms with Crippen LogP contribution in [-0.4, -0.2) is 22.2 Å². The van der Waals surface area contributed by atoms with Crippen LogP contribution in [0.1, 0.15) is 31.9 Å². The van der Waals surface area contributed by atoms with Crippen molar-refractivity contribution in [2.45, 2.75) is 27.7 Å². The summed E-state index contributed by atoms with van der Waals surface area (Å²) in [6.45, 7) is 7.51. The second kappa shape index (κ2) is 11.8. The number of ether oxygens (including phenoxy) is 2. The lowest BCUT2D eigenvalue weighted by Gasteiger charge is -2.16. The number of aromatic nitrogens is 2. The zero-order valence-electron chi connectivity index (χ0n) is 22.1. The monoisotopic (exact) mass is 523 g/mol. The van der Waals surface area contributed by atoms with E-state index in [0.29, 0.717) is 57.2 Å². The number of nitrogen functional groups attached to an aromatic ring is 1. The Balaban J connectivity index is 1.69. The maximum Gasteiger partial charge on any atom is 0.221 e. The first-order valence-corrected chi connectivity index (χ1v) is 12.3. The molecule has 0 radical (unpaired) electrons. The number of hydrogen-bond acceptors (Lipinski definition) is 8. The molecule has 2 aromatic heterocycles. The Kier molecular flexibility index (Phi) is 8.12. The highest BCUT2D eigenvalue weighted by Crippen LogP contribution is 2.37. The van der Waals surface area contributed by atoms with Crippen molar-refractivity contribution >= 4 is 33.9 Å². The minimum atomic E-state index is -0.234. The molecule has 4 rings (SSSR count). The first kappa shape index (κ1) is 26.8. The predicted octanol–water partition coefficient (Wildman–Crippen LogP) is 5.26. The molecule has 0 atom stereocenters. The third-order valence-electron chi connectivity index (χ3n) is 5.66. The van der Waals surface area contributed by atoms with Gasteiger partial charge in [-0.3, -0.25) is 14.5 Å². The molecule has 1 amide bonds. The molecule has 10 heteroatoms. The number of nitriles is 1. The summed E-state index contributed by atoms with van der Waals surface area (Å²) in [6, 6.07) is 14.8. The number of pyridine rings is 2. The summed E-state index contributed by atoms with van der Waals surface area (Å²) in [5.74, 6) is 7.45. The minimum Gasteiger partial charge on any atom is -0.492 e. The quantitative estimate of drug-likeness (QED) is 0.268. The maximum atomic E-state index is 11.8. The Hall–Kier alpha value is -5.30. The lowest BCUT2D eigenvalue weighted by atomic mass is 10.1. The van der Waals surface area contributed by atoms with Crippen molar-refractivity contribution < 1.29 is 14.3 Å². The molecule has 0 aliphatic rings. The van der Waals surface area contributed by atoms with Crippen LogP contribution in [0.5, 0.6) is 17.2 Å². The summed E-state index contributed by atoms with van der Waals surface area (Å²) in [5.41, 5.74) is 4.19. The van der Waals surface area contributed by atoms with Gasteiger partial charge in [-0.2, -0.15) is 5.26 Å². The number of fused-ring (bicyclic) bond motifs is 1. The van der Waals surface area contributed by atoms with Crippen LogP contribution in [0.25, 0.3) is 10.9 Å². The fraction of sp³-hybridized carbons (Fsp3) is 0.172. The standard InChI is InChI=1S/C29H29N7O3/c1-5-10-32-28-13-22(9-11-36(28)31)39-26-8-7-21(12-18(26)3)35-29-20(16-30)17-33-24-15-27(38-6-2)25(14-23(24)29)34-19(4)37/h5,7-15,17H,6,31H2,1-4H3,(H,33,35)(H,34,37)/b10-5+,32-28-. The van der Waals surface area contributed by atoms with Gasteiger partial charge in [0, 0.05) is 48.7 Å². The minimum absolute atomic E-state index is 0.234. The summed E-state index contributed by atoms with van der Waals surface area (Å²) in [5, 5.41) is 16.6. The molecule has 4 aromatic rings. The molecule has 0 spiro atoms. The van der Waals surface area contributed by atoms with Crippen molar-refractivity contribution in [1.29, 1.82) is 5.26 Å². The lowest BCUT2D eigenvalue weighted by molar-refractivity contribution is -0.114. The summed E-state index contributed by atoms with van der Waals surface area (Å²) in [7, 11) is 0.